The van der Waals surface area contributed by atoms with Gasteiger partial charge in [0, 0.05) is 33.1 Å². The Hall–Kier alpha value is -3.80. The summed E-state index contributed by atoms with van der Waals surface area (Å²) >= 11 is 0. The summed E-state index contributed by atoms with van der Waals surface area (Å²) in [7, 11) is 3.18. The molecule has 4 rings (SSSR count). The summed E-state index contributed by atoms with van der Waals surface area (Å²) in [5.41, 5.74) is 3.35. The normalized spacial score (nSPS) is 18.0. The highest BCUT2D eigenvalue weighted by Gasteiger charge is 2.52. The van der Waals surface area contributed by atoms with Crippen LogP contribution in [0.15, 0.2) is 72.9 Å². The van der Waals surface area contributed by atoms with Gasteiger partial charge in [-0.2, -0.15) is 0 Å². The van der Waals surface area contributed by atoms with E-state index in [2.05, 4.69) is 4.98 Å². The monoisotopic (exact) mass is 441 g/mol. The van der Waals surface area contributed by atoms with Crippen LogP contribution in [0.3, 0.4) is 0 Å². The van der Waals surface area contributed by atoms with Crippen LogP contribution in [-0.4, -0.2) is 46.6 Å². The van der Waals surface area contributed by atoms with E-state index in [-0.39, 0.29) is 30.6 Å². The Morgan fingerprint density at radius 1 is 1.00 bits per heavy atom. The molecule has 1 atom stereocenters. The zero-order valence-electron chi connectivity index (χ0n) is 19.1. The van der Waals surface area contributed by atoms with Crippen molar-refractivity contribution in [3.8, 4) is 11.1 Å². The largest absolute Gasteiger partial charge is 0.340 e. The van der Waals surface area contributed by atoms with E-state index in [1.165, 1.54) is 7.05 Å². The van der Waals surface area contributed by atoms with Gasteiger partial charge in [0.1, 0.15) is 0 Å². The molecule has 2 heterocycles. The average molecular weight is 442 g/mol. The number of amides is 3. The smallest absolute Gasteiger partial charge is 0.240 e. The van der Waals surface area contributed by atoms with Crippen LogP contribution in [0.2, 0.25) is 0 Å². The van der Waals surface area contributed by atoms with E-state index in [4.69, 9.17) is 0 Å². The average Bonchev–Trinajstić information content (AvgIpc) is 3.05. The Balaban J connectivity index is 1.63. The molecule has 2 aromatic carbocycles. The Bertz CT molecular complexity index is 1190. The number of rotatable bonds is 6. The number of aromatic nitrogens is 1. The van der Waals surface area contributed by atoms with Crippen molar-refractivity contribution in [2.45, 2.75) is 31.7 Å². The first-order valence-electron chi connectivity index (χ1n) is 10.9. The molecule has 1 aliphatic heterocycles. The van der Waals surface area contributed by atoms with Crippen LogP contribution >= 0.6 is 0 Å². The number of aryl methyl sites for hydroxylation is 1. The summed E-state index contributed by atoms with van der Waals surface area (Å²) in [6, 6.07) is 21.3. The predicted octanol–water partition coefficient (Wildman–Crippen LogP) is 3.73. The van der Waals surface area contributed by atoms with Gasteiger partial charge in [0.2, 0.25) is 17.7 Å². The van der Waals surface area contributed by atoms with Crippen LogP contribution in [0, 0.1) is 6.92 Å². The minimum atomic E-state index is -1.20. The van der Waals surface area contributed by atoms with Crippen LogP contribution in [0.5, 0.6) is 0 Å². The summed E-state index contributed by atoms with van der Waals surface area (Å²) in [6.45, 7) is 2.29. The number of hydrogen-bond acceptors (Lipinski definition) is 4. The van der Waals surface area contributed by atoms with Crippen molar-refractivity contribution < 1.29 is 14.4 Å². The van der Waals surface area contributed by atoms with Gasteiger partial charge >= 0.3 is 0 Å². The number of benzene rings is 2. The molecule has 0 bridgehead atoms. The fourth-order valence-electron chi connectivity index (χ4n) is 4.35. The zero-order chi connectivity index (χ0) is 23.6. The van der Waals surface area contributed by atoms with E-state index >= 15 is 0 Å². The van der Waals surface area contributed by atoms with Gasteiger partial charge in [0.25, 0.3) is 0 Å². The van der Waals surface area contributed by atoms with Crippen LogP contribution in [0.25, 0.3) is 11.1 Å². The van der Waals surface area contributed by atoms with E-state index in [0.717, 1.165) is 27.3 Å². The van der Waals surface area contributed by atoms with Crippen molar-refractivity contribution >= 4 is 17.7 Å². The molecular weight excluding hydrogens is 414 g/mol. The maximum Gasteiger partial charge on any atom is 0.240 e. The molecule has 0 N–H and O–H groups in total. The zero-order valence-corrected chi connectivity index (χ0v) is 19.1. The molecule has 1 aliphatic rings. The fourth-order valence-corrected chi connectivity index (χ4v) is 4.35. The second-order valence-electron chi connectivity index (χ2n) is 8.65. The highest BCUT2D eigenvalue weighted by molar-refractivity contribution is 6.10. The van der Waals surface area contributed by atoms with Crippen LogP contribution < -0.4 is 0 Å². The fraction of sp³-hybridized carbons (Fsp3) is 0.259. The maximum absolute atomic E-state index is 13.3. The molecule has 6 nitrogen and oxygen atoms in total. The summed E-state index contributed by atoms with van der Waals surface area (Å²) in [5, 5.41) is 0. The first-order chi connectivity index (χ1) is 15.8. The van der Waals surface area contributed by atoms with Crippen molar-refractivity contribution in [2.24, 2.45) is 0 Å². The second-order valence-corrected chi connectivity index (χ2v) is 8.65. The number of imide groups is 1. The lowest BCUT2D eigenvalue weighted by atomic mass is 9.75. The predicted molar refractivity (Wildman–Crippen MR) is 126 cm³/mol. The van der Waals surface area contributed by atoms with Gasteiger partial charge in [-0.1, -0.05) is 60.7 Å². The number of carbonyl (C=O) groups is 3. The third-order valence-electron chi connectivity index (χ3n) is 6.47. The van der Waals surface area contributed by atoms with Gasteiger partial charge in [-0.05, 0) is 35.2 Å². The summed E-state index contributed by atoms with van der Waals surface area (Å²) in [4.78, 5) is 46.1. The number of nitrogens with zero attached hydrogens (tertiary/aromatic N) is 3. The lowest BCUT2D eigenvalue weighted by Crippen LogP contribution is -2.41. The van der Waals surface area contributed by atoms with Crippen LogP contribution in [0.1, 0.15) is 29.7 Å². The lowest BCUT2D eigenvalue weighted by Gasteiger charge is -2.29. The van der Waals surface area contributed by atoms with E-state index in [9.17, 15) is 14.4 Å². The summed E-state index contributed by atoms with van der Waals surface area (Å²) in [6.07, 6.45) is 1.61. The molecule has 1 unspecified atom stereocenters. The van der Waals surface area contributed by atoms with Gasteiger partial charge in [0.15, 0.2) is 0 Å². The molecule has 1 saturated heterocycles. The summed E-state index contributed by atoms with van der Waals surface area (Å²) in [5.74, 6) is -0.817. The Morgan fingerprint density at radius 3 is 2.27 bits per heavy atom. The SMILES string of the molecule is Cc1cccnc1CN(C)C(=O)CC1(c2ccc(-c3ccccc3)cc2)CC(=O)N(C)C1=O. The lowest BCUT2D eigenvalue weighted by molar-refractivity contribution is -0.141. The van der Waals surface area contributed by atoms with Gasteiger partial charge in [-0.3, -0.25) is 24.3 Å². The second kappa shape index (κ2) is 8.98. The van der Waals surface area contributed by atoms with E-state index in [1.54, 1.807) is 18.1 Å². The van der Waals surface area contributed by atoms with Crippen molar-refractivity contribution in [3.63, 3.8) is 0 Å². The number of likely N-dealkylation sites (tertiary alicyclic amines) is 1. The number of likely N-dealkylation sites (N-methyl/N-ethyl adjacent to an activating group) is 1. The third kappa shape index (κ3) is 4.29. The van der Waals surface area contributed by atoms with Gasteiger partial charge < -0.3 is 4.90 Å². The first-order valence-corrected chi connectivity index (χ1v) is 10.9. The Labute approximate surface area is 193 Å². The van der Waals surface area contributed by atoms with Crippen LogP contribution in [0.4, 0.5) is 0 Å². The minimum absolute atomic E-state index is 0.0186. The van der Waals surface area contributed by atoms with Crippen molar-refractivity contribution in [3.05, 3.63) is 89.7 Å². The number of carbonyl (C=O) groups excluding carboxylic acids is 3. The minimum Gasteiger partial charge on any atom is -0.340 e. The standard InChI is InChI=1S/C27H27N3O3/c1-19-8-7-15-28-23(19)18-29(2)24(31)16-27(17-25(32)30(3)26(27)33)22-13-11-21(12-14-22)20-9-5-4-6-10-20/h4-15H,16-18H2,1-3H3. The van der Waals surface area contributed by atoms with Crippen molar-refractivity contribution in [1.82, 2.24) is 14.8 Å². The Kier molecular flexibility index (Phi) is 6.09. The van der Waals surface area contributed by atoms with Gasteiger partial charge in [-0.25, -0.2) is 0 Å². The Morgan fingerprint density at radius 2 is 1.67 bits per heavy atom. The van der Waals surface area contributed by atoms with Gasteiger partial charge in [-0.15, -0.1) is 0 Å². The highest BCUT2D eigenvalue weighted by Crippen LogP contribution is 2.40. The van der Waals surface area contributed by atoms with E-state index < -0.39 is 5.41 Å². The molecule has 33 heavy (non-hydrogen) atoms. The quantitative estimate of drug-likeness (QED) is 0.547. The van der Waals surface area contributed by atoms with Crippen molar-refractivity contribution in [1.29, 1.82) is 0 Å². The van der Waals surface area contributed by atoms with Gasteiger partial charge in [0.05, 0.1) is 17.7 Å². The number of hydrogen-bond donors (Lipinski definition) is 0. The molecular formula is C27H27N3O3. The van der Waals surface area contributed by atoms with Crippen LogP contribution in [-0.2, 0) is 26.3 Å². The molecule has 0 aliphatic carbocycles. The molecule has 168 valence electrons. The van der Waals surface area contributed by atoms with E-state index in [0.29, 0.717) is 12.1 Å². The molecule has 3 amide bonds. The molecule has 0 saturated carbocycles. The first kappa shape index (κ1) is 22.4. The molecule has 1 fully saturated rings. The molecule has 1 aromatic heterocycles. The highest BCUT2D eigenvalue weighted by atomic mass is 16.2. The third-order valence-corrected chi connectivity index (χ3v) is 6.47. The number of pyridine rings is 1. The molecule has 3 aromatic rings. The van der Waals surface area contributed by atoms with Crippen molar-refractivity contribution in [2.75, 3.05) is 14.1 Å². The molecule has 0 radical (unpaired) electrons. The maximum atomic E-state index is 13.3. The topological polar surface area (TPSA) is 70.6 Å². The molecule has 6 heteroatoms. The summed E-state index contributed by atoms with van der Waals surface area (Å²) < 4.78 is 0. The molecule has 0 spiro atoms. The van der Waals surface area contributed by atoms with E-state index in [1.807, 2.05) is 73.7 Å².